The first-order valence-corrected chi connectivity index (χ1v) is 4.91. The number of hydrogen-bond donors (Lipinski definition) is 0. The number of cyclic esters (lactones) is 3. The number of rotatable bonds is 2. The van der Waals surface area contributed by atoms with Crippen molar-refractivity contribution in [2.24, 2.45) is 0 Å². The lowest BCUT2D eigenvalue weighted by molar-refractivity contribution is -0.151. The van der Waals surface area contributed by atoms with Gasteiger partial charge in [-0.3, -0.25) is 0 Å². The monoisotopic (exact) mass is 247 g/mol. The van der Waals surface area contributed by atoms with Gasteiger partial charge in [0.1, 0.15) is 5.57 Å². The van der Waals surface area contributed by atoms with Gasteiger partial charge in [-0.2, -0.15) is 0 Å². The van der Waals surface area contributed by atoms with E-state index in [4.69, 9.17) is 5.39 Å². The first-order valence-electron chi connectivity index (χ1n) is 4.91. The van der Waals surface area contributed by atoms with Gasteiger partial charge < -0.3 is 9.47 Å². The number of nitrogens with zero attached hydrogens (tertiary/aromatic N) is 2. The van der Waals surface area contributed by atoms with Crippen molar-refractivity contribution < 1.29 is 23.9 Å². The molecule has 2 rings (SSSR count). The Balaban J connectivity index is 2.42. The fraction of sp³-hybridized carbons (Fsp3) is 0.182. The van der Waals surface area contributed by atoms with E-state index in [1.54, 1.807) is 0 Å². The molecule has 18 heavy (non-hydrogen) atoms. The average Bonchev–Trinajstić information content (AvgIpc) is 2.70. The molecule has 0 unspecified atom stereocenters. The van der Waals surface area contributed by atoms with Crippen molar-refractivity contribution >= 4 is 17.9 Å². The zero-order chi connectivity index (χ0) is 13.4. The van der Waals surface area contributed by atoms with Gasteiger partial charge in [0.15, 0.2) is 4.98 Å². The third-order valence-corrected chi connectivity index (χ3v) is 2.66. The van der Waals surface area contributed by atoms with Crippen LogP contribution in [0.2, 0.25) is 0 Å². The highest BCUT2D eigenvalue weighted by Gasteiger charge is 2.42. The first kappa shape index (κ1) is 11.7. The van der Waals surface area contributed by atoms with Crippen molar-refractivity contribution in [1.82, 2.24) is 0 Å². The Labute approximate surface area is 101 Å². The summed E-state index contributed by atoms with van der Waals surface area (Å²) in [7, 11) is 0. The molecular formula is C11H7N2O5+. The van der Waals surface area contributed by atoms with Crippen LogP contribution in [-0.4, -0.2) is 17.9 Å². The highest BCUT2D eigenvalue weighted by atomic mass is 16.6. The molecule has 0 bridgehead atoms. The molecule has 0 N–H and O–H groups in total. The molecule has 0 aromatic carbocycles. The Kier molecular flexibility index (Phi) is 2.56. The van der Waals surface area contributed by atoms with Gasteiger partial charge >= 0.3 is 23.6 Å². The molecule has 0 amide bonds. The van der Waals surface area contributed by atoms with Gasteiger partial charge in [-0.05, 0) is 13.5 Å². The van der Waals surface area contributed by atoms with E-state index in [1.807, 2.05) is 0 Å². The molecule has 0 atom stereocenters. The van der Waals surface area contributed by atoms with Crippen LogP contribution in [0.25, 0.3) is 4.98 Å². The lowest BCUT2D eigenvalue weighted by Crippen LogP contribution is -2.06. The molecule has 0 aromatic heterocycles. The van der Waals surface area contributed by atoms with E-state index in [0.29, 0.717) is 0 Å². The SMILES string of the molecule is C=C1OC(=O)C(CC2=C(C)C(=O)OC2=O)=C1[N+]#N. The Morgan fingerprint density at radius 3 is 2.22 bits per heavy atom. The zero-order valence-corrected chi connectivity index (χ0v) is 9.35. The maximum Gasteiger partial charge on any atom is 0.437 e. The van der Waals surface area contributed by atoms with Crippen LogP contribution in [0.5, 0.6) is 0 Å². The predicted molar refractivity (Wildman–Crippen MR) is 55.8 cm³/mol. The van der Waals surface area contributed by atoms with Crippen LogP contribution >= 0.6 is 0 Å². The van der Waals surface area contributed by atoms with Gasteiger partial charge in [0.2, 0.25) is 11.2 Å². The number of diazo groups is 1. The normalized spacial score (nSPS) is 19.3. The van der Waals surface area contributed by atoms with E-state index in [9.17, 15) is 14.4 Å². The predicted octanol–water partition coefficient (Wildman–Crippen LogP) is 0.954. The lowest BCUT2D eigenvalue weighted by atomic mass is 10.0. The molecule has 7 nitrogen and oxygen atoms in total. The van der Waals surface area contributed by atoms with Gasteiger partial charge in [0.05, 0.1) is 5.57 Å². The topological polar surface area (TPSA) is 97.8 Å². The molecule has 90 valence electrons. The summed E-state index contributed by atoms with van der Waals surface area (Å²) in [6, 6.07) is 0. The van der Waals surface area contributed by atoms with Crippen LogP contribution in [0.1, 0.15) is 13.3 Å². The van der Waals surface area contributed by atoms with Crippen LogP contribution in [-0.2, 0) is 23.9 Å². The van der Waals surface area contributed by atoms with Crippen molar-refractivity contribution in [2.75, 3.05) is 0 Å². The van der Waals surface area contributed by atoms with Crippen molar-refractivity contribution in [2.45, 2.75) is 13.3 Å². The van der Waals surface area contributed by atoms with Gasteiger partial charge in [-0.1, -0.05) is 0 Å². The Hall–Kier alpha value is -2.75. The number of carbonyl (C=O) groups excluding carboxylic acids is 3. The molecule has 0 aliphatic carbocycles. The highest BCUT2D eigenvalue weighted by molar-refractivity contribution is 6.13. The van der Waals surface area contributed by atoms with Crippen molar-refractivity contribution in [3.63, 3.8) is 0 Å². The van der Waals surface area contributed by atoms with Gasteiger partial charge in [-0.25, -0.2) is 14.4 Å². The van der Waals surface area contributed by atoms with Crippen molar-refractivity contribution in [1.29, 1.82) is 5.39 Å². The van der Waals surface area contributed by atoms with E-state index in [0.717, 1.165) is 0 Å². The smallest absolute Gasteiger partial charge is 0.415 e. The minimum Gasteiger partial charge on any atom is -0.415 e. The number of esters is 3. The van der Waals surface area contributed by atoms with Crippen molar-refractivity contribution in [3.05, 3.63) is 39.7 Å². The minimum absolute atomic E-state index is 0.0384. The van der Waals surface area contributed by atoms with Gasteiger partial charge in [-0.15, -0.1) is 0 Å². The average molecular weight is 247 g/mol. The second kappa shape index (κ2) is 3.92. The van der Waals surface area contributed by atoms with Crippen LogP contribution < -0.4 is 0 Å². The van der Waals surface area contributed by atoms with E-state index in [2.05, 4.69) is 21.0 Å². The third kappa shape index (κ3) is 1.60. The summed E-state index contributed by atoms with van der Waals surface area (Å²) >= 11 is 0. The molecule has 7 heteroatoms. The first-order chi connectivity index (χ1) is 8.45. The number of carbonyl (C=O) groups is 3. The molecule has 0 fully saturated rings. The Morgan fingerprint density at radius 2 is 1.72 bits per heavy atom. The Bertz CT molecular complexity index is 618. The minimum atomic E-state index is -0.812. The summed E-state index contributed by atoms with van der Waals surface area (Å²) < 4.78 is 9.05. The summed E-state index contributed by atoms with van der Waals surface area (Å²) in [4.78, 5) is 36.9. The molecule has 0 spiro atoms. The second-order valence-electron chi connectivity index (χ2n) is 3.70. The molecule has 2 aliphatic rings. The largest absolute Gasteiger partial charge is 0.437 e. The second-order valence-corrected chi connectivity index (χ2v) is 3.70. The van der Waals surface area contributed by atoms with Crippen molar-refractivity contribution in [3.8, 4) is 0 Å². The fourth-order valence-corrected chi connectivity index (χ4v) is 1.64. The lowest BCUT2D eigenvalue weighted by Gasteiger charge is -1.96. The fourth-order valence-electron chi connectivity index (χ4n) is 1.64. The number of ether oxygens (including phenoxy) is 2. The Morgan fingerprint density at radius 1 is 1.11 bits per heavy atom. The summed E-state index contributed by atoms with van der Waals surface area (Å²) in [5, 5.41) is 8.76. The molecule has 0 saturated carbocycles. The van der Waals surface area contributed by atoms with Gasteiger partial charge in [0, 0.05) is 12.0 Å². The summed E-state index contributed by atoms with van der Waals surface area (Å²) in [5.41, 5.74) is -0.00569. The molecule has 0 aromatic rings. The summed E-state index contributed by atoms with van der Waals surface area (Å²) in [6.07, 6.45) is -0.201. The summed E-state index contributed by atoms with van der Waals surface area (Å²) in [6.45, 7) is 4.79. The molecule has 2 aliphatic heterocycles. The number of hydrogen-bond acceptors (Lipinski definition) is 6. The van der Waals surface area contributed by atoms with Crippen LogP contribution in [0.15, 0.2) is 34.8 Å². The molecule has 0 radical (unpaired) electrons. The van der Waals surface area contributed by atoms with E-state index >= 15 is 0 Å². The zero-order valence-electron chi connectivity index (χ0n) is 9.35. The molecule has 2 heterocycles. The van der Waals surface area contributed by atoms with E-state index in [-0.39, 0.29) is 34.6 Å². The van der Waals surface area contributed by atoms with Crippen LogP contribution in [0.3, 0.4) is 0 Å². The quantitative estimate of drug-likeness (QED) is 0.409. The molecule has 0 saturated heterocycles. The maximum absolute atomic E-state index is 11.5. The van der Waals surface area contributed by atoms with Gasteiger partial charge in [0.25, 0.3) is 0 Å². The molecular weight excluding hydrogens is 240 g/mol. The highest BCUT2D eigenvalue weighted by Crippen LogP contribution is 2.32. The van der Waals surface area contributed by atoms with Crippen LogP contribution in [0, 0.1) is 5.39 Å². The third-order valence-electron chi connectivity index (χ3n) is 2.66. The van der Waals surface area contributed by atoms with E-state index in [1.165, 1.54) is 6.92 Å². The maximum atomic E-state index is 11.5. The summed E-state index contributed by atoms with van der Waals surface area (Å²) in [5.74, 6) is -2.43. The standard InChI is InChI=1S/C11H7N2O5/c1-4-6(10(15)18-9(4)14)3-7-8(13-12)5(2)17-11(7)16/h2-3H2,1H3/q+1. The van der Waals surface area contributed by atoms with Crippen LogP contribution in [0.4, 0.5) is 0 Å². The van der Waals surface area contributed by atoms with E-state index < -0.39 is 17.9 Å².